The van der Waals surface area contributed by atoms with Gasteiger partial charge in [-0.1, -0.05) is 0 Å². The van der Waals surface area contributed by atoms with Crippen LogP contribution in [0.5, 0.6) is 5.75 Å². The lowest BCUT2D eigenvalue weighted by Gasteiger charge is -2.03. The molecule has 3 N–H and O–H groups in total. The molecule has 1 unspecified atom stereocenters. The SMILES string of the molecule is N#CC(N)c1cc(O)cc(F)c1. The molecule has 0 aliphatic carbocycles. The average molecular weight is 166 g/mol. The van der Waals surface area contributed by atoms with Crippen LogP contribution < -0.4 is 5.73 Å². The second kappa shape index (κ2) is 3.20. The minimum atomic E-state index is -0.897. The number of nitriles is 1. The van der Waals surface area contributed by atoms with Crippen molar-refractivity contribution in [2.24, 2.45) is 5.73 Å². The molecule has 0 fully saturated rings. The van der Waals surface area contributed by atoms with E-state index in [1.165, 1.54) is 6.07 Å². The number of phenols is 1. The second-order valence-corrected chi connectivity index (χ2v) is 2.35. The van der Waals surface area contributed by atoms with Gasteiger partial charge in [0.15, 0.2) is 0 Å². The van der Waals surface area contributed by atoms with Gasteiger partial charge < -0.3 is 10.8 Å². The van der Waals surface area contributed by atoms with Crippen molar-refractivity contribution in [1.82, 2.24) is 0 Å². The Morgan fingerprint density at radius 2 is 2.17 bits per heavy atom. The van der Waals surface area contributed by atoms with E-state index in [0.717, 1.165) is 12.1 Å². The Bertz CT molecular complexity index is 312. The van der Waals surface area contributed by atoms with Crippen molar-refractivity contribution in [2.45, 2.75) is 6.04 Å². The zero-order chi connectivity index (χ0) is 9.14. The molecule has 0 radical (unpaired) electrons. The molecule has 62 valence electrons. The van der Waals surface area contributed by atoms with E-state index in [1.54, 1.807) is 6.07 Å². The van der Waals surface area contributed by atoms with Crippen LogP contribution in [-0.2, 0) is 0 Å². The zero-order valence-corrected chi connectivity index (χ0v) is 6.16. The number of phenolic OH excluding ortho intramolecular Hbond substituents is 1. The van der Waals surface area contributed by atoms with Crippen molar-refractivity contribution >= 4 is 0 Å². The molecule has 0 aliphatic heterocycles. The largest absolute Gasteiger partial charge is 0.508 e. The number of nitrogens with two attached hydrogens (primary N) is 1. The van der Waals surface area contributed by atoms with Crippen LogP contribution in [0.2, 0.25) is 0 Å². The zero-order valence-electron chi connectivity index (χ0n) is 6.16. The molecule has 0 saturated carbocycles. The van der Waals surface area contributed by atoms with Crippen LogP contribution in [0.3, 0.4) is 0 Å². The standard InChI is InChI=1S/C8H7FN2O/c9-6-1-5(8(11)4-10)2-7(12)3-6/h1-3,8,12H,11H2. The van der Waals surface area contributed by atoms with E-state index in [1.807, 2.05) is 0 Å². The summed E-state index contributed by atoms with van der Waals surface area (Å²) in [7, 11) is 0. The highest BCUT2D eigenvalue weighted by Crippen LogP contribution is 2.18. The van der Waals surface area contributed by atoms with Gasteiger partial charge in [0.1, 0.15) is 17.6 Å². The summed E-state index contributed by atoms with van der Waals surface area (Å²) in [6, 6.07) is 4.17. The second-order valence-electron chi connectivity index (χ2n) is 2.35. The Morgan fingerprint density at radius 3 is 2.67 bits per heavy atom. The lowest BCUT2D eigenvalue weighted by Crippen LogP contribution is -2.07. The average Bonchev–Trinajstić information content (AvgIpc) is 2.01. The summed E-state index contributed by atoms with van der Waals surface area (Å²) >= 11 is 0. The van der Waals surface area contributed by atoms with Crippen molar-refractivity contribution in [3.05, 3.63) is 29.6 Å². The Balaban J connectivity index is 3.10. The molecule has 0 aliphatic rings. The summed E-state index contributed by atoms with van der Waals surface area (Å²) in [5.74, 6) is -0.827. The maximum atomic E-state index is 12.6. The van der Waals surface area contributed by atoms with Crippen molar-refractivity contribution in [2.75, 3.05) is 0 Å². The van der Waals surface area contributed by atoms with Gasteiger partial charge in [0.2, 0.25) is 0 Å². The fraction of sp³-hybridized carbons (Fsp3) is 0.125. The number of aromatic hydroxyl groups is 1. The summed E-state index contributed by atoms with van der Waals surface area (Å²) < 4.78 is 12.6. The van der Waals surface area contributed by atoms with E-state index in [2.05, 4.69) is 0 Å². The summed E-state index contributed by atoms with van der Waals surface area (Å²) in [5.41, 5.74) is 5.57. The fourth-order valence-electron chi connectivity index (χ4n) is 0.850. The van der Waals surface area contributed by atoms with Crippen molar-refractivity contribution < 1.29 is 9.50 Å². The summed E-state index contributed by atoms with van der Waals surface area (Å²) in [4.78, 5) is 0. The maximum absolute atomic E-state index is 12.6. The Hall–Kier alpha value is -1.60. The summed E-state index contributed by atoms with van der Waals surface area (Å²) in [6.07, 6.45) is 0. The minimum Gasteiger partial charge on any atom is -0.508 e. The van der Waals surface area contributed by atoms with Crippen LogP contribution in [0.4, 0.5) is 4.39 Å². The van der Waals surface area contributed by atoms with Gasteiger partial charge in [-0.3, -0.25) is 0 Å². The quantitative estimate of drug-likeness (QED) is 0.655. The normalized spacial score (nSPS) is 12.1. The number of hydrogen-bond acceptors (Lipinski definition) is 3. The molecule has 0 bridgehead atoms. The number of halogens is 1. The smallest absolute Gasteiger partial charge is 0.127 e. The third-order valence-corrected chi connectivity index (χ3v) is 1.40. The molecule has 0 aromatic heterocycles. The monoisotopic (exact) mass is 166 g/mol. The van der Waals surface area contributed by atoms with Crippen LogP contribution in [0.1, 0.15) is 11.6 Å². The summed E-state index contributed by atoms with van der Waals surface area (Å²) in [6.45, 7) is 0. The first-order valence-electron chi connectivity index (χ1n) is 3.28. The summed E-state index contributed by atoms with van der Waals surface area (Å²) in [5, 5.41) is 17.3. The molecule has 12 heavy (non-hydrogen) atoms. The van der Waals surface area contributed by atoms with Gasteiger partial charge in [-0.15, -0.1) is 0 Å². The molecule has 1 aromatic rings. The van der Waals surface area contributed by atoms with Gasteiger partial charge in [0.25, 0.3) is 0 Å². The minimum absolute atomic E-state index is 0.226. The lowest BCUT2D eigenvalue weighted by molar-refractivity contribution is 0.467. The predicted octanol–water partition coefficient (Wildman–Crippen LogP) is 1.05. The molecule has 1 atom stereocenters. The molecule has 0 saturated heterocycles. The fourth-order valence-corrected chi connectivity index (χ4v) is 0.850. The van der Waals surface area contributed by atoms with Crippen LogP contribution >= 0.6 is 0 Å². The Labute approximate surface area is 68.9 Å². The number of hydrogen-bond donors (Lipinski definition) is 2. The molecular weight excluding hydrogens is 159 g/mol. The predicted molar refractivity (Wildman–Crippen MR) is 40.6 cm³/mol. The molecule has 0 spiro atoms. The first-order chi connectivity index (χ1) is 5.63. The molecule has 3 nitrogen and oxygen atoms in total. The highest BCUT2D eigenvalue weighted by Gasteiger charge is 2.06. The van der Waals surface area contributed by atoms with Crippen LogP contribution in [0, 0.1) is 17.1 Å². The molecule has 1 aromatic carbocycles. The topological polar surface area (TPSA) is 70.0 Å². The third kappa shape index (κ3) is 1.71. The third-order valence-electron chi connectivity index (χ3n) is 1.40. The highest BCUT2D eigenvalue weighted by atomic mass is 19.1. The number of rotatable bonds is 1. The van der Waals surface area contributed by atoms with Gasteiger partial charge in [-0.25, -0.2) is 4.39 Å². The lowest BCUT2D eigenvalue weighted by atomic mass is 10.1. The van der Waals surface area contributed by atoms with Crippen LogP contribution in [-0.4, -0.2) is 5.11 Å². The van der Waals surface area contributed by atoms with E-state index in [0.29, 0.717) is 0 Å². The van der Waals surface area contributed by atoms with E-state index in [4.69, 9.17) is 16.1 Å². The van der Waals surface area contributed by atoms with Crippen molar-refractivity contribution in [3.8, 4) is 11.8 Å². The van der Waals surface area contributed by atoms with Gasteiger partial charge in [0.05, 0.1) is 6.07 Å². The van der Waals surface area contributed by atoms with Gasteiger partial charge >= 0.3 is 0 Å². The van der Waals surface area contributed by atoms with Gasteiger partial charge in [0, 0.05) is 6.07 Å². The Kier molecular flexibility index (Phi) is 2.26. The van der Waals surface area contributed by atoms with Crippen LogP contribution in [0.25, 0.3) is 0 Å². The number of benzene rings is 1. The molecule has 0 heterocycles. The number of nitrogens with zero attached hydrogens (tertiary/aromatic N) is 1. The first kappa shape index (κ1) is 8.50. The van der Waals surface area contributed by atoms with Crippen LogP contribution in [0.15, 0.2) is 18.2 Å². The highest BCUT2D eigenvalue weighted by molar-refractivity contribution is 5.32. The van der Waals surface area contributed by atoms with Gasteiger partial charge in [-0.05, 0) is 17.7 Å². The first-order valence-corrected chi connectivity index (χ1v) is 3.28. The van der Waals surface area contributed by atoms with E-state index >= 15 is 0 Å². The van der Waals surface area contributed by atoms with Crippen molar-refractivity contribution in [1.29, 1.82) is 5.26 Å². The molecule has 1 rings (SSSR count). The van der Waals surface area contributed by atoms with Gasteiger partial charge in [-0.2, -0.15) is 5.26 Å². The Morgan fingerprint density at radius 1 is 1.50 bits per heavy atom. The molecular formula is C8H7FN2O. The van der Waals surface area contributed by atoms with E-state index < -0.39 is 11.9 Å². The van der Waals surface area contributed by atoms with Crippen molar-refractivity contribution in [3.63, 3.8) is 0 Å². The maximum Gasteiger partial charge on any atom is 0.127 e. The molecule has 4 heteroatoms. The van der Waals surface area contributed by atoms with E-state index in [9.17, 15) is 4.39 Å². The van der Waals surface area contributed by atoms with E-state index in [-0.39, 0.29) is 11.3 Å². The molecule has 0 amide bonds.